The second-order valence-corrected chi connectivity index (χ2v) is 4.93. The summed E-state index contributed by atoms with van der Waals surface area (Å²) in [5.41, 5.74) is 1.22. The lowest BCUT2D eigenvalue weighted by molar-refractivity contribution is 0.968. The predicted octanol–water partition coefficient (Wildman–Crippen LogP) is 3.59. The number of aromatic nitrogens is 2. The maximum absolute atomic E-state index is 4.38. The fourth-order valence-corrected chi connectivity index (χ4v) is 2.25. The highest BCUT2D eigenvalue weighted by Gasteiger charge is 1.98. The Labute approximate surface area is 112 Å². The predicted molar refractivity (Wildman–Crippen MR) is 76.8 cm³/mol. The van der Waals surface area contributed by atoms with E-state index in [1.807, 2.05) is 36.7 Å². The van der Waals surface area contributed by atoms with E-state index < -0.39 is 0 Å². The van der Waals surface area contributed by atoms with Crippen molar-refractivity contribution in [1.82, 2.24) is 9.97 Å². The molecule has 0 aromatic carbocycles. The summed E-state index contributed by atoms with van der Waals surface area (Å²) in [6, 6.07) is 10.1. The van der Waals surface area contributed by atoms with Crippen LogP contribution < -0.4 is 5.32 Å². The van der Waals surface area contributed by atoms with E-state index in [0.717, 1.165) is 29.6 Å². The van der Waals surface area contributed by atoms with E-state index in [2.05, 4.69) is 28.3 Å². The molecule has 0 unspecified atom stereocenters. The third-order valence-electron chi connectivity index (χ3n) is 2.41. The summed E-state index contributed by atoms with van der Waals surface area (Å²) >= 11 is 1.73. The van der Waals surface area contributed by atoms with Gasteiger partial charge in [-0.05, 0) is 30.2 Å². The number of rotatable bonds is 6. The summed E-state index contributed by atoms with van der Waals surface area (Å²) in [5.74, 6) is 1.85. The van der Waals surface area contributed by atoms with Crippen molar-refractivity contribution in [3.63, 3.8) is 0 Å². The van der Waals surface area contributed by atoms with E-state index in [9.17, 15) is 0 Å². The highest BCUT2D eigenvalue weighted by Crippen LogP contribution is 2.20. The van der Waals surface area contributed by atoms with E-state index >= 15 is 0 Å². The fourth-order valence-electron chi connectivity index (χ4n) is 1.46. The minimum absolute atomic E-state index is 0.901. The Bertz CT molecular complexity index is 456. The van der Waals surface area contributed by atoms with Crippen LogP contribution in [0.3, 0.4) is 0 Å². The van der Waals surface area contributed by atoms with Gasteiger partial charge in [-0.25, -0.2) is 9.97 Å². The van der Waals surface area contributed by atoms with Gasteiger partial charge in [0.15, 0.2) is 0 Å². The summed E-state index contributed by atoms with van der Waals surface area (Å²) in [4.78, 5) is 8.67. The van der Waals surface area contributed by atoms with Crippen molar-refractivity contribution in [1.29, 1.82) is 0 Å². The molecule has 2 heterocycles. The molecule has 0 saturated carbocycles. The van der Waals surface area contributed by atoms with Crippen LogP contribution in [-0.4, -0.2) is 16.5 Å². The molecule has 0 atom stereocenters. The van der Waals surface area contributed by atoms with Gasteiger partial charge in [0.2, 0.25) is 0 Å². The van der Waals surface area contributed by atoms with Crippen LogP contribution in [0.4, 0.5) is 5.82 Å². The molecule has 94 valence electrons. The summed E-state index contributed by atoms with van der Waals surface area (Å²) in [5, 5.41) is 4.31. The van der Waals surface area contributed by atoms with Gasteiger partial charge in [-0.2, -0.15) is 0 Å². The minimum atomic E-state index is 0.901. The van der Waals surface area contributed by atoms with Crippen molar-refractivity contribution in [3.05, 3.63) is 48.3 Å². The van der Waals surface area contributed by atoms with Gasteiger partial charge in [-0.3, -0.25) is 0 Å². The molecule has 1 N–H and O–H groups in total. The lowest BCUT2D eigenvalue weighted by atomic mass is 10.3. The maximum atomic E-state index is 4.38. The Balaban J connectivity index is 1.86. The monoisotopic (exact) mass is 259 g/mol. The van der Waals surface area contributed by atoms with E-state index in [1.165, 1.54) is 5.56 Å². The van der Waals surface area contributed by atoms with Crippen LogP contribution in [0.5, 0.6) is 0 Å². The summed E-state index contributed by atoms with van der Waals surface area (Å²) in [6.07, 6.45) is 4.85. The lowest BCUT2D eigenvalue weighted by Gasteiger charge is -2.05. The van der Waals surface area contributed by atoms with Gasteiger partial charge in [-0.15, -0.1) is 11.8 Å². The molecule has 0 radical (unpaired) electrons. The highest BCUT2D eigenvalue weighted by atomic mass is 32.2. The van der Waals surface area contributed by atoms with E-state index in [0.29, 0.717) is 0 Å². The Kier molecular flexibility index (Phi) is 5.02. The molecular formula is C14H17N3S. The SMILES string of the molecule is CCCNc1ccc(CSc2ccccn2)cn1. The zero-order valence-corrected chi connectivity index (χ0v) is 11.3. The summed E-state index contributed by atoms with van der Waals surface area (Å²) in [6.45, 7) is 3.11. The first-order valence-electron chi connectivity index (χ1n) is 6.11. The molecule has 0 amide bonds. The quantitative estimate of drug-likeness (QED) is 0.804. The highest BCUT2D eigenvalue weighted by molar-refractivity contribution is 7.98. The minimum Gasteiger partial charge on any atom is -0.370 e. The molecular weight excluding hydrogens is 242 g/mol. The number of nitrogens with zero attached hydrogens (tertiary/aromatic N) is 2. The number of thioether (sulfide) groups is 1. The zero-order valence-electron chi connectivity index (χ0n) is 10.5. The van der Waals surface area contributed by atoms with Crippen molar-refractivity contribution in [3.8, 4) is 0 Å². The average Bonchev–Trinajstić information content (AvgIpc) is 2.45. The number of nitrogens with one attached hydrogen (secondary N) is 1. The average molecular weight is 259 g/mol. The lowest BCUT2D eigenvalue weighted by Crippen LogP contribution is -2.01. The molecule has 0 fully saturated rings. The Morgan fingerprint density at radius 3 is 2.78 bits per heavy atom. The van der Waals surface area contributed by atoms with Gasteiger partial charge >= 0.3 is 0 Å². The van der Waals surface area contributed by atoms with Crippen LogP contribution in [0.1, 0.15) is 18.9 Å². The number of pyridine rings is 2. The van der Waals surface area contributed by atoms with E-state index in [-0.39, 0.29) is 0 Å². The molecule has 0 aliphatic rings. The van der Waals surface area contributed by atoms with Crippen LogP contribution in [-0.2, 0) is 5.75 Å². The normalized spacial score (nSPS) is 10.3. The van der Waals surface area contributed by atoms with Crippen LogP contribution in [0, 0.1) is 0 Å². The molecule has 2 aromatic heterocycles. The molecule has 3 nitrogen and oxygen atoms in total. The molecule has 0 saturated heterocycles. The van der Waals surface area contributed by atoms with E-state index in [4.69, 9.17) is 0 Å². The molecule has 18 heavy (non-hydrogen) atoms. The third-order valence-corrected chi connectivity index (χ3v) is 3.42. The first-order chi connectivity index (χ1) is 8.88. The molecule has 0 spiro atoms. The van der Waals surface area contributed by atoms with Crippen LogP contribution >= 0.6 is 11.8 Å². The molecule has 2 rings (SSSR count). The molecule has 2 aromatic rings. The second kappa shape index (κ2) is 7.01. The zero-order chi connectivity index (χ0) is 12.6. The van der Waals surface area contributed by atoms with Gasteiger partial charge in [0.05, 0.1) is 5.03 Å². The van der Waals surface area contributed by atoms with E-state index in [1.54, 1.807) is 11.8 Å². The molecule has 0 bridgehead atoms. The fraction of sp³-hybridized carbons (Fsp3) is 0.286. The van der Waals surface area contributed by atoms with Gasteiger partial charge in [0.1, 0.15) is 5.82 Å². The van der Waals surface area contributed by atoms with Gasteiger partial charge in [-0.1, -0.05) is 19.1 Å². The Hall–Kier alpha value is -1.55. The maximum Gasteiger partial charge on any atom is 0.125 e. The van der Waals surface area contributed by atoms with Crippen LogP contribution in [0.25, 0.3) is 0 Å². The molecule has 4 heteroatoms. The van der Waals surface area contributed by atoms with Crippen LogP contribution in [0.15, 0.2) is 47.8 Å². The van der Waals surface area contributed by atoms with Crippen LogP contribution in [0.2, 0.25) is 0 Å². The van der Waals surface area contributed by atoms with Crippen molar-refractivity contribution >= 4 is 17.6 Å². The second-order valence-electron chi connectivity index (χ2n) is 3.94. The molecule has 0 aliphatic heterocycles. The molecule has 0 aliphatic carbocycles. The van der Waals surface area contributed by atoms with Crippen molar-refractivity contribution in [2.75, 3.05) is 11.9 Å². The summed E-state index contributed by atoms with van der Waals surface area (Å²) < 4.78 is 0. The van der Waals surface area contributed by atoms with Gasteiger partial charge in [0, 0.05) is 24.7 Å². The van der Waals surface area contributed by atoms with Gasteiger partial charge in [0.25, 0.3) is 0 Å². The van der Waals surface area contributed by atoms with Crippen molar-refractivity contribution < 1.29 is 0 Å². The number of anilines is 1. The van der Waals surface area contributed by atoms with Gasteiger partial charge < -0.3 is 5.32 Å². The number of hydrogen-bond donors (Lipinski definition) is 1. The Morgan fingerprint density at radius 2 is 2.11 bits per heavy atom. The van der Waals surface area contributed by atoms with Crippen molar-refractivity contribution in [2.24, 2.45) is 0 Å². The number of hydrogen-bond acceptors (Lipinski definition) is 4. The first-order valence-corrected chi connectivity index (χ1v) is 7.09. The topological polar surface area (TPSA) is 37.8 Å². The smallest absolute Gasteiger partial charge is 0.125 e. The summed E-state index contributed by atoms with van der Waals surface area (Å²) in [7, 11) is 0. The first kappa shape index (κ1) is 12.9. The largest absolute Gasteiger partial charge is 0.370 e. The van der Waals surface area contributed by atoms with Crippen molar-refractivity contribution in [2.45, 2.75) is 24.1 Å². The Morgan fingerprint density at radius 1 is 1.17 bits per heavy atom. The standard InChI is InChI=1S/C14H17N3S/c1-2-8-15-13-7-6-12(10-17-13)11-18-14-5-3-4-9-16-14/h3-7,9-10H,2,8,11H2,1H3,(H,15,17). The third kappa shape index (κ3) is 4.04.